The maximum absolute atomic E-state index is 9.91. The lowest BCUT2D eigenvalue weighted by Crippen LogP contribution is -2.28. The first kappa shape index (κ1) is 10.9. The lowest BCUT2D eigenvalue weighted by molar-refractivity contribution is 0.129. The average molecular weight is 291 g/mol. The highest BCUT2D eigenvalue weighted by Gasteiger charge is 2.18. The van der Waals surface area contributed by atoms with Gasteiger partial charge in [-0.2, -0.15) is 0 Å². The minimum atomic E-state index is -0.420. The van der Waals surface area contributed by atoms with Gasteiger partial charge in [-0.05, 0) is 19.7 Å². The summed E-state index contributed by atoms with van der Waals surface area (Å²) < 4.78 is 0.111. The fourth-order valence-electron chi connectivity index (χ4n) is 1.09. The lowest BCUT2D eigenvalue weighted by atomic mass is 10.1. The number of alkyl halides is 1. The van der Waals surface area contributed by atoms with Gasteiger partial charge >= 0.3 is 0 Å². The fourth-order valence-corrected chi connectivity index (χ4v) is 1.51. The van der Waals surface area contributed by atoms with Crippen LogP contribution in [-0.2, 0) is 0 Å². The van der Waals surface area contributed by atoms with Crippen molar-refractivity contribution in [3.05, 3.63) is 35.9 Å². The van der Waals surface area contributed by atoms with Crippen molar-refractivity contribution in [1.82, 2.24) is 4.90 Å². The Morgan fingerprint density at radius 3 is 2.23 bits per heavy atom. The molecule has 1 aromatic rings. The Labute approximate surface area is 92.7 Å². The van der Waals surface area contributed by atoms with Crippen molar-refractivity contribution >= 4 is 22.6 Å². The quantitative estimate of drug-likeness (QED) is 0.523. The molecule has 13 heavy (non-hydrogen) atoms. The molecule has 0 aliphatic heterocycles. The molecule has 1 N–H and O–H groups in total. The van der Waals surface area contributed by atoms with Crippen molar-refractivity contribution in [1.29, 1.82) is 0 Å². The van der Waals surface area contributed by atoms with Crippen molar-refractivity contribution in [3.8, 4) is 0 Å². The van der Waals surface area contributed by atoms with Crippen LogP contribution in [0.2, 0.25) is 0 Å². The molecular weight excluding hydrogens is 277 g/mol. The third-order valence-electron chi connectivity index (χ3n) is 1.89. The maximum atomic E-state index is 9.91. The Bertz CT molecular complexity index is 250. The second kappa shape index (κ2) is 4.93. The number of aliphatic hydroxyl groups is 1. The summed E-state index contributed by atoms with van der Waals surface area (Å²) in [4.78, 5) is 2.00. The topological polar surface area (TPSA) is 23.5 Å². The summed E-state index contributed by atoms with van der Waals surface area (Å²) in [5, 5.41) is 9.91. The number of hydrogen-bond acceptors (Lipinski definition) is 2. The van der Waals surface area contributed by atoms with Crippen LogP contribution in [0.25, 0.3) is 0 Å². The van der Waals surface area contributed by atoms with Gasteiger partial charge < -0.3 is 5.11 Å². The van der Waals surface area contributed by atoms with E-state index in [2.05, 4.69) is 22.6 Å². The molecule has 1 rings (SSSR count). The van der Waals surface area contributed by atoms with E-state index in [1.54, 1.807) is 0 Å². The molecule has 0 heterocycles. The van der Waals surface area contributed by atoms with Crippen LogP contribution in [0.3, 0.4) is 0 Å². The molecule has 0 aliphatic rings. The molecule has 0 aliphatic carbocycles. The molecule has 0 saturated heterocycles. The van der Waals surface area contributed by atoms with Gasteiger partial charge in [-0.15, -0.1) is 0 Å². The molecule has 72 valence electrons. The van der Waals surface area contributed by atoms with Gasteiger partial charge in [0.1, 0.15) is 6.10 Å². The smallest absolute Gasteiger partial charge is 0.104 e. The van der Waals surface area contributed by atoms with Crippen molar-refractivity contribution in [2.45, 2.75) is 10.2 Å². The van der Waals surface area contributed by atoms with Crippen molar-refractivity contribution in [2.75, 3.05) is 14.1 Å². The molecule has 0 bridgehead atoms. The Balaban J connectivity index is 2.73. The second-order valence-electron chi connectivity index (χ2n) is 3.19. The van der Waals surface area contributed by atoms with Crippen LogP contribution in [0.15, 0.2) is 30.3 Å². The first-order valence-corrected chi connectivity index (χ1v) is 5.41. The third kappa shape index (κ3) is 2.93. The van der Waals surface area contributed by atoms with Gasteiger partial charge in [0, 0.05) is 0 Å². The molecule has 3 heteroatoms. The normalized spacial score (nSPS) is 15.8. The maximum Gasteiger partial charge on any atom is 0.104 e. The Morgan fingerprint density at radius 2 is 1.77 bits per heavy atom. The van der Waals surface area contributed by atoms with E-state index >= 15 is 0 Å². The number of likely N-dealkylation sites (N-methyl/N-ethyl adjacent to an activating group) is 1. The number of halogens is 1. The number of rotatable bonds is 3. The van der Waals surface area contributed by atoms with Crippen LogP contribution in [0.4, 0.5) is 0 Å². The second-order valence-corrected chi connectivity index (χ2v) is 4.47. The summed E-state index contributed by atoms with van der Waals surface area (Å²) in [5.74, 6) is 0. The molecule has 0 amide bonds. The molecule has 0 saturated carbocycles. The van der Waals surface area contributed by atoms with E-state index in [0.29, 0.717) is 0 Å². The van der Waals surface area contributed by atoms with Gasteiger partial charge in [-0.1, -0.05) is 52.9 Å². The number of benzene rings is 1. The standard InChI is InChI=1S/C10H14INO/c1-12(2)10(11)9(13)8-6-4-3-5-7-8/h3-7,9-10,13H,1-2H3/t9-,10+/m1/s1. The van der Waals surface area contributed by atoms with Gasteiger partial charge in [-0.3, -0.25) is 4.90 Å². The molecule has 2 atom stereocenters. The van der Waals surface area contributed by atoms with E-state index in [-0.39, 0.29) is 4.05 Å². The molecule has 0 spiro atoms. The summed E-state index contributed by atoms with van der Waals surface area (Å²) in [6.07, 6.45) is -0.420. The van der Waals surface area contributed by atoms with Crippen molar-refractivity contribution < 1.29 is 5.11 Å². The lowest BCUT2D eigenvalue weighted by Gasteiger charge is -2.23. The van der Waals surface area contributed by atoms with Gasteiger partial charge in [0.05, 0.1) is 4.05 Å². The van der Waals surface area contributed by atoms with Crippen molar-refractivity contribution in [3.63, 3.8) is 0 Å². The highest BCUT2D eigenvalue weighted by Crippen LogP contribution is 2.23. The average Bonchev–Trinajstić information content (AvgIpc) is 2.17. The SMILES string of the molecule is CN(C)[C@H](I)[C@H](O)c1ccccc1. The van der Waals surface area contributed by atoms with Crippen LogP contribution in [0.5, 0.6) is 0 Å². The largest absolute Gasteiger partial charge is 0.386 e. The number of aliphatic hydroxyl groups excluding tert-OH is 1. The van der Waals surface area contributed by atoms with E-state index in [1.807, 2.05) is 49.3 Å². The van der Waals surface area contributed by atoms with Gasteiger partial charge in [0.2, 0.25) is 0 Å². The van der Waals surface area contributed by atoms with Gasteiger partial charge in [0.15, 0.2) is 0 Å². The van der Waals surface area contributed by atoms with Crippen LogP contribution in [0.1, 0.15) is 11.7 Å². The summed E-state index contributed by atoms with van der Waals surface area (Å²) in [7, 11) is 3.92. The molecule has 0 aromatic heterocycles. The molecular formula is C10H14INO. The summed E-state index contributed by atoms with van der Waals surface area (Å²) in [6.45, 7) is 0. The highest BCUT2D eigenvalue weighted by atomic mass is 127. The predicted molar refractivity (Wildman–Crippen MR) is 62.9 cm³/mol. The van der Waals surface area contributed by atoms with Crippen molar-refractivity contribution in [2.24, 2.45) is 0 Å². The number of nitrogens with zero attached hydrogens (tertiary/aromatic N) is 1. The Morgan fingerprint density at radius 1 is 1.23 bits per heavy atom. The minimum Gasteiger partial charge on any atom is -0.386 e. The molecule has 0 radical (unpaired) electrons. The fraction of sp³-hybridized carbons (Fsp3) is 0.400. The van der Waals surface area contributed by atoms with E-state index in [9.17, 15) is 5.11 Å². The van der Waals surface area contributed by atoms with E-state index < -0.39 is 6.10 Å². The van der Waals surface area contributed by atoms with Crippen LogP contribution in [-0.4, -0.2) is 28.2 Å². The number of hydrogen-bond donors (Lipinski definition) is 1. The zero-order valence-corrected chi connectivity index (χ0v) is 9.97. The molecule has 2 nitrogen and oxygen atoms in total. The highest BCUT2D eigenvalue weighted by molar-refractivity contribution is 14.1. The first-order valence-electron chi connectivity index (χ1n) is 4.16. The van der Waals surface area contributed by atoms with Gasteiger partial charge in [-0.25, -0.2) is 0 Å². The molecule has 0 unspecified atom stereocenters. The van der Waals surface area contributed by atoms with Gasteiger partial charge in [0.25, 0.3) is 0 Å². The summed E-state index contributed by atoms with van der Waals surface area (Å²) in [6, 6.07) is 9.73. The van der Waals surface area contributed by atoms with E-state index in [4.69, 9.17) is 0 Å². The zero-order valence-electron chi connectivity index (χ0n) is 7.81. The van der Waals surface area contributed by atoms with E-state index in [0.717, 1.165) is 5.56 Å². The zero-order chi connectivity index (χ0) is 9.84. The minimum absolute atomic E-state index is 0.111. The summed E-state index contributed by atoms with van der Waals surface area (Å²) in [5.41, 5.74) is 0.968. The monoisotopic (exact) mass is 291 g/mol. The first-order chi connectivity index (χ1) is 6.13. The Kier molecular flexibility index (Phi) is 4.15. The van der Waals surface area contributed by atoms with Crippen LogP contribution >= 0.6 is 22.6 Å². The van der Waals surface area contributed by atoms with Crippen LogP contribution < -0.4 is 0 Å². The predicted octanol–water partition coefficient (Wildman–Crippen LogP) is 2.04. The summed E-state index contributed by atoms with van der Waals surface area (Å²) >= 11 is 2.24. The third-order valence-corrected chi connectivity index (χ3v) is 3.69. The van der Waals surface area contributed by atoms with E-state index in [1.165, 1.54) is 0 Å². The molecule has 1 aromatic carbocycles. The van der Waals surface area contributed by atoms with Crippen LogP contribution in [0, 0.1) is 0 Å². The molecule has 0 fully saturated rings. The Hall–Kier alpha value is -0.130.